The monoisotopic (exact) mass is 334 g/mol. The van der Waals surface area contributed by atoms with E-state index in [1.807, 2.05) is 0 Å². The third-order valence-corrected chi connectivity index (χ3v) is 5.03. The standard InChI is InChI=1S/C21H26N4/c1-3-4-12-24(2)15-19-21(23-20-7-5-6-13-25(19)20)17-8-9-18-16(14-17)10-11-22-18/h5-9,13-14,22H,3-4,10-12,15H2,1-2H3. The smallest absolute Gasteiger partial charge is 0.137 e. The zero-order valence-electron chi connectivity index (χ0n) is 15.1. The van der Waals surface area contributed by atoms with Crippen LogP contribution in [0, 0.1) is 0 Å². The summed E-state index contributed by atoms with van der Waals surface area (Å²) in [7, 11) is 2.20. The van der Waals surface area contributed by atoms with Crippen LogP contribution in [0.5, 0.6) is 0 Å². The zero-order chi connectivity index (χ0) is 17.2. The van der Waals surface area contributed by atoms with Crippen molar-refractivity contribution >= 4 is 11.3 Å². The van der Waals surface area contributed by atoms with E-state index < -0.39 is 0 Å². The van der Waals surface area contributed by atoms with Gasteiger partial charge in [-0.1, -0.05) is 25.5 Å². The molecule has 3 aromatic rings. The Morgan fingerprint density at radius 1 is 1.24 bits per heavy atom. The fourth-order valence-electron chi connectivity index (χ4n) is 3.64. The fourth-order valence-corrected chi connectivity index (χ4v) is 3.64. The van der Waals surface area contributed by atoms with Gasteiger partial charge in [0.15, 0.2) is 0 Å². The van der Waals surface area contributed by atoms with Gasteiger partial charge in [-0.05, 0) is 56.3 Å². The quantitative estimate of drug-likeness (QED) is 0.733. The Bertz CT molecular complexity index is 881. The van der Waals surface area contributed by atoms with Crippen LogP contribution in [0.3, 0.4) is 0 Å². The van der Waals surface area contributed by atoms with Gasteiger partial charge >= 0.3 is 0 Å². The number of hydrogen-bond acceptors (Lipinski definition) is 3. The van der Waals surface area contributed by atoms with E-state index in [0.29, 0.717) is 0 Å². The molecule has 0 fully saturated rings. The second kappa shape index (κ2) is 6.89. The molecule has 25 heavy (non-hydrogen) atoms. The molecular weight excluding hydrogens is 308 g/mol. The number of fused-ring (bicyclic) bond motifs is 2. The first kappa shape index (κ1) is 16.2. The van der Waals surface area contributed by atoms with Crippen LogP contribution >= 0.6 is 0 Å². The van der Waals surface area contributed by atoms with Crippen molar-refractivity contribution in [3.05, 3.63) is 53.9 Å². The largest absolute Gasteiger partial charge is 0.384 e. The molecule has 3 heterocycles. The molecule has 1 aliphatic rings. The number of nitrogens with one attached hydrogen (secondary N) is 1. The molecular formula is C21H26N4. The van der Waals surface area contributed by atoms with E-state index in [2.05, 4.69) is 71.2 Å². The highest BCUT2D eigenvalue weighted by atomic mass is 15.1. The minimum atomic E-state index is 0.913. The molecule has 4 rings (SSSR count). The lowest BCUT2D eigenvalue weighted by Crippen LogP contribution is -2.20. The van der Waals surface area contributed by atoms with Crippen LogP contribution < -0.4 is 5.32 Å². The second-order valence-corrected chi connectivity index (χ2v) is 6.98. The summed E-state index contributed by atoms with van der Waals surface area (Å²) in [6.45, 7) is 5.31. The van der Waals surface area contributed by atoms with Crippen molar-refractivity contribution in [1.29, 1.82) is 0 Å². The molecule has 4 heteroatoms. The van der Waals surface area contributed by atoms with Crippen molar-refractivity contribution in [2.45, 2.75) is 32.7 Å². The maximum absolute atomic E-state index is 4.96. The summed E-state index contributed by atoms with van der Waals surface area (Å²) < 4.78 is 2.24. The summed E-state index contributed by atoms with van der Waals surface area (Å²) in [6, 6.07) is 12.9. The molecule has 1 aromatic carbocycles. The Morgan fingerprint density at radius 2 is 2.16 bits per heavy atom. The highest BCUT2D eigenvalue weighted by Gasteiger charge is 2.18. The molecule has 130 valence electrons. The summed E-state index contributed by atoms with van der Waals surface area (Å²) in [5.41, 5.74) is 7.32. The van der Waals surface area contributed by atoms with Gasteiger partial charge in [0.2, 0.25) is 0 Å². The molecule has 0 amide bonds. The second-order valence-electron chi connectivity index (χ2n) is 6.98. The van der Waals surface area contributed by atoms with Gasteiger partial charge in [-0.15, -0.1) is 0 Å². The minimum Gasteiger partial charge on any atom is -0.384 e. The minimum absolute atomic E-state index is 0.913. The van der Waals surface area contributed by atoms with E-state index in [1.54, 1.807) is 0 Å². The van der Waals surface area contributed by atoms with Crippen LogP contribution in [-0.2, 0) is 13.0 Å². The van der Waals surface area contributed by atoms with E-state index in [4.69, 9.17) is 4.98 Å². The van der Waals surface area contributed by atoms with Crippen molar-refractivity contribution in [1.82, 2.24) is 14.3 Å². The molecule has 1 aliphatic heterocycles. The van der Waals surface area contributed by atoms with Crippen molar-refractivity contribution in [2.75, 3.05) is 25.5 Å². The van der Waals surface area contributed by atoms with E-state index in [1.165, 1.54) is 35.3 Å². The lowest BCUT2D eigenvalue weighted by Gasteiger charge is -2.17. The molecule has 0 radical (unpaired) electrons. The molecule has 0 spiro atoms. The molecule has 0 unspecified atom stereocenters. The molecule has 0 saturated heterocycles. The number of benzene rings is 1. The average Bonchev–Trinajstić information content (AvgIpc) is 3.24. The van der Waals surface area contributed by atoms with Crippen molar-refractivity contribution < 1.29 is 0 Å². The van der Waals surface area contributed by atoms with Gasteiger partial charge in [0.25, 0.3) is 0 Å². The Hall–Kier alpha value is -2.33. The molecule has 2 aromatic heterocycles. The van der Waals surface area contributed by atoms with Crippen LogP contribution in [0.2, 0.25) is 0 Å². The van der Waals surface area contributed by atoms with Gasteiger partial charge in [-0.2, -0.15) is 0 Å². The molecule has 0 aliphatic carbocycles. The van der Waals surface area contributed by atoms with E-state index in [-0.39, 0.29) is 0 Å². The number of pyridine rings is 1. The van der Waals surface area contributed by atoms with Gasteiger partial charge in [-0.25, -0.2) is 4.98 Å². The first-order valence-corrected chi connectivity index (χ1v) is 9.28. The lowest BCUT2D eigenvalue weighted by atomic mass is 10.0. The summed E-state index contributed by atoms with van der Waals surface area (Å²) in [5, 5.41) is 3.44. The molecule has 1 N–H and O–H groups in total. The maximum Gasteiger partial charge on any atom is 0.137 e. The number of imidazole rings is 1. The molecule has 0 atom stereocenters. The van der Waals surface area contributed by atoms with Crippen molar-refractivity contribution in [3.63, 3.8) is 0 Å². The van der Waals surface area contributed by atoms with Gasteiger partial charge in [-0.3, -0.25) is 0 Å². The van der Waals surface area contributed by atoms with Gasteiger partial charge < -0.3 is 14.6 Å². The predicted octanol–water partition coefficient (Wildman–Crippen LogP) is 4.20. The first-order chi connectivity index (χ1) is 12.3. The number of aromatic nitrogens is 2. The summed E-state index contributed by atoms with van der Waals surface area (Å²) in [4.78, 5) is 7.36. The Balaban J connectivity index is 1.76. The number of anilines is 1. The topological polar surface area (TPSA) is 32.6 Å². The molecule has 4 nitrogen and oxygen atoms in total. The maximum atomic E-state index is 4.96. The van der Waals surface area contributed by atoms with Crippen LogP contribution in [0.15, 0.2) is 42.6 Å². The number of unbranched alkanes of at least 4 members (excludes halogenated alkanes) is 1. The van der Waals surface area contributed by atoms with Gasteiger partial charge in [0.1, 0.15) is 5.65 Å². The van der Waals surface area contributed by atoms with Crippen LogP contribution in [-0.4, -0.2) is 34.4 Å². The first-order valence-electron chi connectivity index (χ1n) is 9.28. The summed E-state index contributed by atoms with van der Waals surface area (Å²) in [6.07, 6.45) is 5.68. The van der Waals surface area contributed by atoms with E-state index >= 15 is 0 Å². The third-order valence-electron chi connectivity index (χ3n) is 5.03. The van der Waals surface area contributed by atoms with Gasteiger partial charge in [0.05, 0.1) is 11.4 Å². The predicted molar refractivity (Wildman–Crippen MR) is 104 cm³/mol. The third kappa shape index (κ3) is 3.14. The Kier molecular flexibility index (Phi) is 4.45. The molecule has 0 bridgehead atoms. The lowest BCUT2D eigenvalue weighted by molar-refractivity contribution is 0.316. The zero-order valence-corrected chi connectivity index (χ0v) is 15.1. The summed E-state index contributed by atoms with van der Waals surface area (Å²) in [5.74, 6) is 0. The average molecular weight is 334 g/mol. The van der Waals surface area contributed by atoms with Crippen LogP contribution in [0.4, 0.5) is 5.69 Å². The highest BCUT2D eigenvalue weighted by Crippen LogP contribution is 2.31. The van der Waals surface area contributed by atoms with E-state index in [9.17, 15) is 0 Å². The van der Waals surface area contributed by atoms with Crippen molar-refractivity contribution in [2.24, 2.45) is 0 Å². The van der Waals surface area contributed by atoms with Crippen molar-refractivity contribution in [3.8, 4) is 11.3 Å². The Labute approximate surface area is 149 Å². The number of nitrogens with zero attached hydrogens (tertiary/aromatic N) is 3. The summed E-state index contributed by atoms with van der Waals surface area (Å²) >= 11 is 0. The normalized spacial score (nSPS) is 13.4. The molecule has 0 saturated carbocycles. The highest BCUT2D eigenvalue weighted by molar-refractivity contribution is 5.71. The number of hydrogen-bond donors (Lipinski definition) is 1. The Morgan fingerprint density at radius 3 is 3.04 bits per heavy atom. The van der Waals surface area contributed by atoms with Crippen LogP contribution in [0.1, 0.15) is 31.0 Å². The van der Waals surface area contributed by atoms with Gasteiger partial charge in [0, 0.05) is 30.5 Å². The number of rotatable bonds is 6. The van der Waals surface area contributed by atoms with E-state index in [0.717, 1.165) is 37.4 Å². The van der Waals surface area contributed by atoms with Crippen LogP contribution in [0.25, 0.3) is 16.9 Å². The SMILES string of the molecule is CCCCN(C)Cc1c(-c2ccc3c(c2)CCN3)nc2ccccn12. The fraction of sp³-hybridized carbons (Fsp3) is 0.381.